The van der Waals surface area contributed by atoms with E-state index in [4.69, 9.17) is 9.47 Å². The zero-order valence-corrected chi connectivity index (χ0v) is 14.1. The molecular weight excluding hydrogens is 306 g/mol. The summed E-state index contributed by atoms with van der Waals surface area (Å²) in [6, 6.07) is 9.32. The van der Waals surface area contributed by atoms with Crippen molar-refractivity contribution in [3.05, 3.63) is 47.9 Å². The number of anilines is 2. The van der Waals surface area contributed by atoms with Gasteiger partial charge in [0.2, 0.25) is 5.95 Å². The van der Waals surface area contributed by atoms with Crippen LogP contribution in [0.2, 0.25) is 0 Å². The summed E-state index contributed by atoms with van der Waals surface area (Å²) in [7, 11) is 3.22. The van der Waals surface area contributed by atoms with Crippen molar-refractivity contribution in [2.75, 3.05) is 19.5 Å². The van der Waals surface area contributed by atoms with Crippen LogP contribution in [-0.4, -0.2) is 34.0 Å². The lowest BCUT2D eigenvalue weighted by Crippen LogP contribution is -2.05. The van der Waals surface area contributed by atoms with Gasteiger partial charge < -0.3 is 14.8 Å². The molecule has 0 saturated heterocycles. The second kappa shape index (κ2) is 6.57. The molecule has 0 spiro atoms. The van der Waals surface area contributed by atoms with Crippen LogP contribution in [0.3, 0.4) is 0 Å². The van der Waals surface area contributed by atoms with E-state index in [1.807, 2.05) is 38.1 Å². The molecule has 0 saturated carbocycles. The van der Waals surface area contributed by atoms with Crippen LogP contribution < -0.4 is 14.8 Å². The highest BCUT2D eigenvalue weighted by molar-refractivity contribution is 5.59. The summed E-state index contributed by atoms with van der Waals surface area (Å²) in [5.74, 6) is 2.54. The lowest BCUT2D eigenvalue weighted by molar-refractivity contribution is 0.395. The number of hydrogen-bond acceptors (Lipinski definition) is 6. The van der Waals surface area contributed by atoms with Gasteiger partial charge in [0.25, 0.3) is 0 Å². The van der Waals surface area contributed by atoms with Gasteiger partial charge in [0, 0.05) is 41.8 Å². The summed E-state index contributed by atoms with van der Waals surface area (Å²) >= 11 is 0. The number of nitrogens with one attached hydrogen (secondary N) is 1. The van der Waals surface area contributed by atoms with Crippen molar-refractivity contribution in [3.63, 3.8) is 0 Å². The summed E-state index contributed by atoms with van der Waals surface area (Å²) < 4.78 is 12.3. The summed E-state index contributed by atoms with van der Waals surface area (Å²) in [5, 5.41) is 7.61. The van der Waals surface area contributed by atoms with Crippen molar-refractivity contribution in [3.8, 4) is 17.3 Å². The van der Waals surface area contributed by atoms with Crippen LogP contribution in [0, 0.1) is 13.8 Å². The normalized spacial score (nSPS) is 10.5. The van der Waals surface area contributed by atoms with Crippen molar-refractivity contribution < 1.29 is 9.47 Å². The van der Waals surface area contributed by atoms with Crippen LogP contribution in [0.5, 0.6) is 11.5 Å². The molecule has 0 atom stereocenters. The largest absolute Gasteiger partial charge is 0.497 e. The minimum atomic E-state index is 0.468. The Labute approximate surface area is 140 Å². The average Bonchev–Trinajstić information content (AvgIpc) is 2.93. The third kappa shape index (κ3) is 3.29. The molecule has 124 valence electrons. The first-order chi connectivity index (χ1) is 11.6. The third-order valence-corrected chi connectivity index (χ3v) is 3.48. The second-order valence-corrected chi connectivity index (χ2v) is 5.30. The molecule has 0 aliphatic carbocycles. The lowest BCUT2D eigenvalue weighted by atomic mass is 10.3. The maximum Gasteiger partial charge on any atom is 0.229 e. The topological polar surface area (TPSA) is 74.1 Å². The number of methoxy groups -OCH3 is 2. The van der Waals surface area contributed by atoms with Gasteiger partial charge in [0.1, 0.15) is 11.5 Å². The highest BCUT2D eigenvalue weighted by Gasteiger charge is 2.08. The van der Waals surface area contributed by atoms with E-state index in [2.05, 4.69) is 20.4 Å². The van der Waals surface area contributed by atoms with Gasteiger partial charge in [-0.2, -0.15) is 10.1 Å². The van der Waals surface area contributed by atoms with E-state index in [1.54, 1.807) is 31.2 Å². The summed E-state index contributed by atoms with van der Waals surface area (Å²) in [4.78, 5) is 8.78. The van der Waals surface area contributed by atoms with Crippen molar-refractivity contribution in [1.29, 1.82) is 0 Å². The Balaban J connectivity index is 1.91. The standard InChI is InChI=1S/C17H19N5O2/c1-11-7-12(2)22(21-11)16-5-6-18-17(20-16)19-13-8-14(23-3)10-15(9-13)24-4/h5-10H,1-4H3,(H,18,19,20). The van der Waals surface area contributed by atoms with Gasteiger partial charge >= 0.3 is 0 Å². The van der Waals surface area contributed by atoms with Gasteiger partial charge in [-0.3, -0.25) is 0 Å². The van der Waals surface area contributed by atoms with Gasteiger partial charge in [0.05, 0.1) is 19.9 Å². The van der Waals surface area contributed by atoms with Crippen LogP contribution >= 0.6 is 0 Å². The maximum absolute atomic E-state index is 5.27. The molecule has 0 bridgehead atoms. The van der Waals surface area contributed by atoms with E-state index in [9.17, 15) is 0 Å². The van der Waals surface area contributed by atoms with Gasteiger partial charge in [-0.1, -0.05) is 0 Å². The fourth-order valence-corrected chi connectivity index (χ4v) is 2.40. The molecule has 0 aliphatic rings. The molecule has 0 aliphatic heterocycles. The van der Waals surface area contributed by atoms with Gasteiger partial charge in [-0.05, 0) is 19.9 Å². The van der Waals surface area contributed by atoms with Crippen molar-refractivity contribution in [2.24, 2.45) is 0 Å². The third-order valence-electron chi connectivity index (χ3n) is 3.48. The predicted octanol–water partition coefficient (Wildman–Crippen LogP) is 3.04. The van der Waals surface area contributed by atoms with Crippen molar-refractivity contribution in [2.45, 2.75) is 13.8 Å². The van der Waals surface area contributed by atoms with Gasteiger partial charge in [-0.25, -0.2) is 9.67 Å². The van der Waals surface area contributed by atoms with Crippen LogP contribution in [0.1, 0.15) is 11.4 Å². The zero-order chi connectivity index (χ0) is 17.1. The molecular formula is C17H19N5O2. The lowest BCUT2D eigenvalue weighted by Gasteiger charge is -2.10. The monoisotopic (exact) mass is 325 g/mol. The SMILES string of the molecule is COc1cc(Nc2nccc(-n3nc(C)cc3C)n2)cc(OC)c1. The van der Waals surface area contributed by atoms with E-state index in [-0.39, 0.29) is 0 Å². The molecule has 1 aromatic carbocycles. The molecule has 2 heterocycles. The summed E-state index contributed by atoms with van der Waals surface area (Å²) in [6.45, 7) is 3.94. The number of hydrogen-bond donors (Lipinski definition) is 1. The highest BCUT2D eigenvalue weighted by Crippen LogP contribution is 2.27. The Hall–Kier alpha value is -3.09. The summed E-state index contributed by atoms with van der Waals surface area (Å²) in [5.41, 5.74) is 2.73. The molecule has 7 heteroatoms. The molecule has 24 heavy (non-hydrogen) atoms. The smallest absolute Gasteiger partial charge is 0.229 e. The molecule has 0 radical (unpaired) electrons. The number of benzene rings is 1. The zero-order valence-electron chi connectivity index (χ0n) is 14.1. The highest BCUT2D eigenvalue weighted by atomic mass is 16.5. The van der Waals surface area contributed by atoms with E-state index < -0.39 is 0 Å². The second-order valence-electron chi connectivity index (χ2n) is 5.30. The molecule has 3 rings (SSSR count). The van der Waals surface area contributed by atoms with E-state index in [1.165, 1.54) is 0 Å². The molecule has 0 amide bonds. The predicted molar refractivity (Wildman–Crippen MR) is 91.5 cm³/mol. The van der Waals surface area contributed by atoms with E-state index in [0.717, 1.165) is 17.1 Å². The molecule has 7 nitrogen and oxygen atoms in total. The molecule has 1 N–H and O–H groups in total. The quantitative estimate of drug-likeness (QED) is 0.777. The number of rotatable bonds is 5. The molecule has 2 aromatic heterocycles. The van der Waals surface area contributed by atoms with Gasteiger partial charge in [-0.15, -0.1) is 0 Å². The molecule has 0 unspecified atom stereocenters. The van der Waals surface area contributed by atoms with E-state index >= 15 is 0 Å². The van der Waals surface area contributed by atoms with Crippen LogP contribution in [0.25, 0.3) is 5.82 Å². The first-order valence-electron chi connectivity index (χ1n) is 7.46. The van der Waals surface area contributed by atoms with Crippen molar-refractivity contribution in [1.82, 2.24) is 19.7 Å². The minimum absolute atomic E-state index is 0.468. The Bertz CT molecular complexity index is 838. The Kier molecular flexibility index (Phi) is 4.33. The van der Waals surface area contributed by atoms with E-state index in [0.29, 0.717) is 23.3 Å². The van der Waals surface area contributed by atoms with Crippen LogP contribution in [0.4, 0.5) is 11.6 Å². The number of aryl methyl sites for hydroxylation is 2. The maximum atomic E-state index is 5.27. The number of ether oxygens (including phenoxy) is 2. The van der Waals surface area contributed by atoms with Crippen LogP contribution in [-0.2, 0) is 0 Å². The number of nitrogens with zero attached hydrogens (tertiary/aromatic N) is 4. The Morgan fingerprint density at radius 2 is 1.71 bits per heavy atom. The Morgan fingerprint density at radius 3 is 2.29 bits per heavy atom. The first-order valence-corrected chi connectivity index (χ1v) is 7.46. The Morgan fingerprint density at radius 1 is 1.00 bits per heavy atom. The molecule has 0 fully saturated rings. The average molecular weight is 325 g/mol. The van der Waals surface area contributed by atoms with Crippen molar-refractivity contribution >= 4 is 11.6 Å². The minimum Gasteiger partial charge on any atom is -0.497 e. The first kappa shape index (κ1) is 15.8. The fraction of sp³-hybridized carbons (Fsp3) is 0.235. The fourth-order valence-electron chi connectivity index (χ4n) is 2.40. The number of aromatic nitrogens is 4. The van der Waals surface area contributed by atoms with Gasteiger partial charge in [0.15, 0.2) is 5.82 Å². The summed E-state index contributed by atoms with van der Waals surface area (Å²) in [6.07, 6.45) is 1.69. The molecule has 3 aromatic rings. The van der Waals surface area contributed by atoms with Crippen LogP contribution in [0.15, 0.2) is 36.5 Å².